The number of nitrogens with zero attached hydrogens (tertiary/aromatic N) is 3. The maximum Gasteiger partial charge on any atom is 0.152 e. The molecule has 0 radical (unpaired) electrons. The molecule has 1 aromatic heterocycles. The van der Waals surface area contributed by atoms with Crippen LogP contribution in [0, 0.1) is 0 Å². The molecule has 1 saturated heterocycles. The van der Waals surface area contributed by atoms with Crippen LogP contribution in [0.1, 0.15) is 23.2 Å². The predicted molar refractivity (Wildman–Crippen MR) is 68.5 cm³/mol. The molecule has 0 aliphatic carbocycles. The van der Waals surface area contributed by atoms with Crippen LogP contribution in [-0.4, -0.2) is 49.4 Å². The normalized spacial score (nSPS) is 17.5. The summed E-state index contributed by atoms with van der Waals surface area (Å²) in [5.74, 6) is 0. The Morgan fingerprint density at radius 1 is 1.41 bits per heavy atom. The molecule has 0 N–H and O–H groups in total. The standard InChI is InChI=1S/C13H19N3O/c1-15(2)12-4-7-16(8-5-12)13-9-14-6-3-11(13)10-17/h3,6,9-10,12H,4-5,7-8H2,1-2H3. The molecule has 0 unspecified atom stereocenters. The highest BCUT2D eigenvalue weighted by Gasteiger charge is 2.22. The van der Waals surface area contributed by atoms with Crippen molar-refractivity contribution >= 4 is 12.0 Å². The minimum Gasteiger partial charge on any atom is -0.370 e. The Morgan fingerprint density at radius 3 is 2.71 bits per heavy atom. The van der Waals surface area contributed by atoms with Crippen molar-refractivity contribution < 1.29 is 4.79 Å². The van der Waals surface area contributed by atoms with Gasteiger partial charge in [-0.25, -0.2) is 0 Å². The maximum absolute atomic E-state index is 11.0. The van der Waals surface area contributed by atoms with Gasteiger partial charge in [0.05, 0.1) is 11.9 Å². The molecule has 1 aliphatic heterocycles. The molecule has 0 aromatic carbocycles. The predicted octanol–water partition coefficient (Wildman–Crippen LogP) is 1.42. The molecule has 2 rings (SSSR count). The van der Waals surface area contributed by atoms with Crippen molar-refractivity contribution in [2.24, 2.45) is 0 Å². The van der Waals surface area contributed by atoms with Crippen LogP contribution in [0.4, 0.5) is 5.69 Å². The molecule has 4 heteroatoms. The number of carbonyl (C=O) groups excluding carboxylic acids is 1. The first-order valence-corrected chi connectivity index (χ1v) is 6.03. The summed E-state index contributed by atoms with van der Waals surface area (Å²) in [4.78, 5) is 19.6. The summed E-state index contributed by atoms with van der Waals surface area (Å²) in [6.07, 6.45) is 6.65. The molecule has 2 heterocycles. The molecule has 1 fully saturated rings. The lowest BCUT2D eigenvalue weighted by Gasteiger charge is -2.36. The zero-order valence-corrected chi connectivity index (χ0v) is 10.5. The summed E-state index contributed by atoms with van der Waals surface area (Å²) >= 11 is 0. The lowest BCUT2D eigenvalue weighted by Crippen LogP contribution is -2.42. The average Bonchev–Trinajstić information content (AvgIpc) is 2.39. The first kappa shape index (κ1) is 12.0. The quantitative estimate of drug-likeness (QED) is 0.740. The average molecular weight is 233 g/mol. The molecule has 1 aliphatic rings. The van der Waals surface area contributed by atoms with Gasteiger partial charge in [0.15, 0.2) is 6.29 Å². The maximum atomic E-state index is 11.0. The molecular weight excluding hydrogens is 214 g/mol. The van der Waals surface area contributed by atoms with Gasteiger partial charge < -0.3 is 9.80 Å². The van der Waals surface area contributed by atoms with Crippen molar-refractivity contribution in [2.45, 2.75) is 18.9 Å². The molecule has 4 nitrogen and oxygen atoms in total. The van der Waals surface area contributed by atoms with Crippen LogP contribution in [0.5, 0.6) is 0 Å². The number of carbonyl (C=O) groups is 1. The molecule has 0 spiro atoms. The summed E-state index contributed by atoms with van der Waals surface area (Å²) in [5.41, 5.74) is 1.71. The van der Waals surface area contributed by atoms with Gasteiger partial charge in [0, 0.05) is 30.9 Å². The Morgan fingerprint density at radius 2 is 2.12 bits per heavy atom. The Hall–Kier alpha value is -1.42. The van der Waals surface area contributed by atoms with Crippen LogP contribution >= 0.6 is 0 Å². The van der Waals surface area contributed by atoms with E-state index in [2.05, 4.69) is 28.9 Å². The number of anilines is 1. The zero-order chi connectivity index (χ0) is 12.3. The van der Waals surface area contributed by atoms with E-state index in [1.165, 1.54) is 0 Å². The van der Waals surface area contributed by atoms with Crippen LogP contribution in [0.2, 0.25) is 0 Å². The van der Waals surface area contributed by atoms with Crippen LogP contribution in [0.3, 0.4) is 0 Å². The second-order valence-corrected chi connectivity index (χ2v) is 4.73. The summed E-state index contributed by atoms with van der Waals surface area (Å²) in [5, 5.41) is 0. The fraction of sp³-hybridized carbons (Fsp3) is 0.538. The summed E-state index contributed by atoms with van der Waals surface area (Å²) < 4.78 is 0. The Kier molecular flexibility index (Phi) is 3.74. The lowest BCUT2D eigenvalue weighted by molar-refractivity contribution is 0.112. The van der Waals surface area contributed by atoms with Gasteiger partial charge in [0.2, 0.25) is 0 Å². The van der Waals surface area contributed by atoms with Crippen molar-refractivity contribution in [1.82, 2.24) is 9.88 Å². The van der Waals surface area contributed by atoms with Gasteiger partial charge in [0.1, 0.15) is 0 Å². The topological polar surface area (TPSA) is 36.4 Å². The SMILES string of the molecule is CN(C)C1CCN(c2cnccc2C=O)CC1. The Bertz CT molecular complexity index is 384. The van der Waals surface area contributed by atoms with Crippen molar-refractivity contribution in [1.29, 1.82) is 0 Å². The zero-order valence-electron chi connectivity index (χ0n) is 10.5. The fourth-order valence-corrected chi connectivity index (χ4v) is 2.38. The van der Waals surface area contributed by atoms with Crippen LogP contribution in [-0.2, 0) is 0 Å². The Balaban J connectivity index is 2.07. The number of aromatic nitrogens is 1. The van der Waals surface area contributed by atoms with Crippen molar-refractivity contribution in [3.63, 3.8) is 0 Å². The van der Waals surface area contributed by atoms with Crippen LogP contribution in [0.25, 0.3) is 0 Å². The molecule has 0 bridgehead atoms. The van der Waals surface area contributed by atoms with Crippen molar-refractivity contribution in [2.75, 3.05) is 32.1 Å². The van der Waals surface area contributed by atoms with E-state index in [4.69, 9.17) is 0 Å². The van der Waals surface area contributed by atoms with Crippen LogP contribution in [0.15, 0.2) is 18.5 Å². The summed E-state index contributed by atoms with van der Waals surface area (Å²) in [6.45, 7) is 1.99. The van der Waals surface area contributed by atoms with Crippen molar-refractivity contribution in [3.8, 4) is 0 Å². The van der Waals surface area contributed by atoms with E-state index in [9.17, 15) is 4.79 Å². The second-order valence-electron chi connectivity index (χ2n) is 4.73. The van der Waals surface area contributed by atoms with E-state index in [1.807, 2.05) is 0 Å². The second kappa shape index (κ2) is 5.27. The van der Waals surface area contributed by atoms with Gasteiger partial charge in [-0.3, -0.25) is 9.78 Å². The summed E-state index contributed by atoms with van der Waals surface area (Å²) in [6, 6.07) is 2.43. The number of hydrogen-bond donors (Lipinski definition) is 0. The number of pyridine rings is 1. The highest BCUT2D eigenvalue weighted by molar-refractivity contribution is 5.84. The third-order valence-corrected chi connectivity index (χ3v) is 3.50. The van der Waals surface area contributed by atoms with Gasteiger partial charge >= 0.3 is 0 Å². The molecule has 0 amide bonds. The van der Waals surface area contributed by atoms with Crippen LogP contribution < -0.4 is 4.90 Å². The van der Waals surface area contributed by atoms with Gasteiger partial charge in [-0.1, -0.05) is 0 Å². The molecule has 17 heavy (non-hydrogen) atoms. The van der Waals surface area contributed by atoms with Gasteiger partial charge in [-0.05, 0) is 33.0 Å². The lowest BCUT2D eigenvalue weighted by atomic mass is 10.0. The minimum atomic E-state index is 0.655. The van der Waals surface area contributed by atoms with E-state index >= 15 is 0 Å². The third kappa shape index (κ3) is 2.64. The first-order chi connectivity index (χ1) is 8.22. The van der Waals surface area contributed by atoms with Gasteiger partial charge in [-0.15, -0.1) is 0 Å². The molecule has 0 atom stereocenters. The molecule has 1 aromatic rings. The fourth-order valence-electron chi connectivity index (χ4n) is 2.38. The smallest absolute Gasteiger partial charge is 0.152 e. The molecular formula is C13H19N3O. The van der Waals surface area contributed by atoms with E-state index < -0.39 is 0 Å². The minimum absolute atomic E-state index is 0.655. The number of rotatable bonds is 3. The number of aldehydes is 1. The summed E-state index contributed by atoms with van der Waals surface area (Å²) in [7, 11) is 4.25. The highest BCUT2D eigenvalue weighted by atomic mass is 16.1. The van der Waals surface area contributed by atoms with E-state index in [0.29, 0.717) is 6.04 Å². The molecule has 92 valence electrons. The third-order valence-electron chi connectivity index (χ3n) is 3.50. The Labute approximate surface area is 102 Å². The first-order valence-electron chi connectivity index (χ1n) is 6.03. The largest absolute Gasteiger partial charge is 0.370 e. The number of hydrogen-bond acceptors (Lipinski definition) is 4. The monoisotopic (exact) mass is 233 g/mol. The highest BCUT2D eigenvalue weighted by Crippen LogP contribution is 2.23. The van der Waals surface area contributed by atoms with Crippen molar-refractivity contribution in [3.05, 3.63) is 24.0 Å². The van der Waals surface area contributed by atoms with E-state index in [-0.39, 0.29) is 0 Å². The van der Waals surface area contributed by atoms with E-state index in [0.717, 1.165) is 43.5 Å². The van der Waals surface area contributed by atoms with E-state index in [1.54, 1.807) is 18.5 Å². The molecule has 0 saturated carbocycles. The van der Waals surface area contributed by atoms with Gasteiger partial charge in [-0.2, -0.15) is 0 Å². The van der Waals surface area contributed by atoms with Gasteiger partial charge in [0.25, 0.3) is 0 Å². The number of piperidine rings is 1.